The average molecular weight is 281 g/mol. The first kappa shape index (κ1) is 14.8. The van der Waals surface area contributed by atoms with Crippen LogP contribution in [-0.4, -0.2) is 31.1 Å². The molecule has 19 heavy (non-hydrogen) atoms. The maximum Gasteiger partial charge on any atom is 0.0406 e. The van der Waals surface area contributed by atoms with E-state index in [0.717, 1.165) is 5.02 Å². The molecule has 0 bridgehead atoms. The van der Waals surface area contributed by atoms with E-state index in [4.69, 9.17) is 11.6 Å². The van der Waals surface area contributed by atoms with Crippen LogP contribution in [0.4, 0.5) is 0 Å². The van der Waals surface area contributed by atoms with Gasteiger partial charge in [-0.1, -0.05) is 37.1 Å². The van der Waals surface area contributed by atoms with E-state index in [1.807, 2.05) is 12.1 Å². The second-order valence-corrected chi connectivity index (χ2v) is 6.07. The van der Waals surface area contributed by atoms with Crippen LogP contribution in [0.25, 0.3) is 0 Å². The Bertz CT molecular complexity index is 369. The summed E-state index contributed by atoms with van der Waals surface area (Å²) in [6.45, 7) is 4.66. The Kier molecular flexibility index (Phi) is 5.68. The van der Waals surface area contributed by atoms with Crippen molar-refractivity contribution in [3.8, 4) is 0 Å². The van der Waals surface area contributed by atoms with Gasteiger partial charge in [0.1, 0.15) is 0 Å². The van der Waals surface area contributed by atoms with Crippen molar-refractivity contribution in [3.63, 3.8) is 0 Å². The van der Waals surface area contributed by atoms with Crippen LogP contribution in [-0.2, 0) is 0 Å². The first-order valence-corrected chi connectivity index (χ1v) is 7.77. The second kappa shape index (κ2) is 7.28. The molecule has 1 saturated heterocycles. The number of likely N-dealkylation sites (tertiary alicyclic amines) is 1. The topological polar surface area (TPSA) is 15.3 Å². The number of piperidine rings is 1. The normalized spacial score (nSPS) is 19.5. The standard InChI is InChI=1S/C16H25ClN2/c1-3-4-16(13-5-7-14(17)8-6-13)18-15-9-11-19(2)12-10-15/h5-8,15-16,18H,3-4,9-12H2,1-2H3. The van der Waals surface area contributed by atoms with E-state index in [9.17, 15) is 0 Å². The summed E-state index contributed by atoms with van der Waals surface area (Å²) < 4.78 is 0. The van der Waals surface area contributed by atoms with Crippen molar-refractivity contribution >= 4 is 11.6 Å². The minimum atomic E-state index is 0.468. The molecule has 1 atom stereocenters. The monoisotopic (exact) mass is 280 g/mol. The van der Waals surface area contributed by atoms with Gasteiger partial charge in [0.15, 0.2) is 0 Å². The lowest BCUT2D eigenvalue weighted by atomic mass is 9.98. The number of hydrogen-bond donors (Lipinski definition) is 1. The number of benzene rings is 1. The highest BCUT2D eigenvalue weighted by Gasteiger charge is 2.20. The molecule has 1 heterocycles. The van der Waals surface area contributed by atoms with Crippen molar-refractivity contribution < 1.29 is 0 Å². The Morgan fingerprint density at radius 3 is 2.47 bits per heavy atom. The first-order chi connectivity index (χ1) is 9.19. The average Bonchev–Trinajstić information content (AvgIpc) is 2.42. The van der Waals surface area contributed by atoms with Crippen LogP contribution in [0, 0.1) is 0 Å². The summed E-state index contributed by atoms with van der Waals surface area (Å²) in [5.74, 6) is 0. The zero-order valence-electron chi connectivity index (χ0n) is 12.0. The van der Waals surface area contributed by atoms with Crippen LogP contribution < -0.4 is 5.32 Å². The number of nitrogens with zero attached hydrogens (tertiary/aromatic N) is 1. The van der Waals surface area contributed by atoms with Gasteiger partial charge < -0.3 is 10.2 Å². The molecule has 1 aliphatic heterocycles. The van der Waals surface area contributed by atoms with Crippen molar-refractivity contribution in [3.05, 3.63) is 34.9 Å². The third kappa shape index (κ3) is 4.48. The van der Waals surface area contributed by atoms with E-state index in [-0.39, 0.29) is 0 Å². The fraction of sp³-hybridized carbons (Fsp3) is 0.625. The molecular weight excluding hydrogens is 256 g/mol. The van der Waals surface area contributed by atoms with E-state index in [0.29, 0.717) is 12.1 Å². The molecule has 0 amide bonds. The molecule has 1 N–H and O–H groups in total. The lowest BCUT2D eigenvalue weighted by Gasteiger charge is -2.33. The van der Waals surface area contributed by atoms with Crippen molar-refractivity contribution in [2.45, 2.75) is 44.7 Å². The Hall–Kier alpha value is -0.570. The van der Waals surface area contributed by atoms with E-state index >= 15 is 0 Å². The molecule has 0 spiro atoms. The Morgan fingerprint density at radius 1 is 1.26 bits per heavy atom. The fourth-order valence-corrected chi connectivity index (χ4v) is 2.92. The van der Waals surface area contributed by atoms with E-state index in [2.05, 4.69) is 36.3 Å². The molecule has 0 aliphatic carbocycles. The molecule has 106 valence electrons. The Labute approximate surface area is 122 Å². The lowest BCUT2D eigenvalue weighted by molar-refractivity contribution is 0.222. The maximum absolute atomic E-state index is 5.98. The minimum Gasteiger partial charge on any atom is -0.307 e. The van der Waals surface area contributed by atoms with Gasteiger partial charge in [-0.3, -0.25) is 0 Å². The lowest BCUT2D eigenvalue weighted by Crippen LogP contribution is -2.42. The van der Waals surface area contributed by atoms with Crippen molar-refractivity contribution in [1.82, 2.24) is 10.2 Å². The van der Waals surface area contributed by atoms with Crippen molar-refractivity contribution in [2.75, 3.05) is 20.1 Å². The van der Waals surface area contributed by atoms with Crippen molar-refractivity contribution in [2.24, 2.45) is 0 Å². The molecule has 0 aromatic heterocycles. The minimum absolute atomic E-state index is 0.468. The molecule has 0 saturated carbocycles. The summed E-state index contributed by atoms with van der Waals surface area (Å²) in [5.41, 5.74) is 1.37. The molecule has 2 nitrogen and oxygen atoms in total. The predicted molar refractivity (Wildman–Crippen MR) is 82.8 cm³/mol. The number of nitrogens with one attached hydrogen (secondary N) is 1. The molecular formula is C16H25ClN2. The summed E-state index contributed by atoms with van der Waals surface area (Å²) in [6, 6.07) is 9.43. The highest BCUT2D eigenvalue weighted by Crippen LogP contribution is 2.23. The fourth-order valence-electron chi connectivity index (χ4n) is 2.79. The molecule has 2 rings (SSSR count). The predicted octanol–water partition coefficient (Wildman–Crippen LogP) is 3.87. The van der Waals surface area contributed by atoms with Gasteiger partial charge >= 0.3 is 0 Å². The first-order valence-electron chi connectivity index (χ1n) is 7.39. The summed E-state index contributed by atoms with van der Waals surface area (Å²) in [7, 11) is 2.21. The van der Waals surface area contributed by atoms with Gasteiger partial charge in [-0.15, -0.1) is 0 Å². The molecule has 1 fully saturated rings. The summed E-state index contributed by atoms with van der Waals surface area (Å²) in [5, 5.41) is 4.66. The van der Waals surface area contributed by atoms with Gasteiger partial charge in [-0.2, -0.15) is 0 Å². The van der Waals surface area contributed by atoms with Crippen LogP contribution in [0.5, 0.6) is 0 Å². The van der Waals surface area contributed by atoms with Crippen molar-refractivity contribution in [1.29, 1.82) is 0 Å². The van der Waals surface area contributed by atoms with Gasteiger partial charge in [0.05, 0.1) is 0 Å². The highest BCUT2D eigenvalue weighted by atomic mass is 35.5. The van der Waals surface area contributed by atoms with Gasteiger partial charge in [-0.05, 0) is 57.1 Å². The smallest absolute Gasteiger partial charge is 0.0406 e. The molecule has 1 aromatic rings. The quantitative estimate of drug-likeness (QED) is 0.881. The maximum atomic E-state index is 5.98. The summed E-state index contributed by atoms with van der Waals surface area (Å²) in [4.78, 5) is 2.41. The van der Waals surface area contributed by atoms with Gasteiger partial charge in [0.2, 0.25) is 0 Å². The van der Waals surface area contributed by atoms with Gasteiger partial charge in [0, 0.05) is 17.1 Å². The summed E-state index contributed by atoms with van der Waals surface area (Å²) in [6.07, 6.45) is 4.90. The third-order valence-electron chi connectivity index (χ3n) is 4.01. The van der Waals surface area contributed by atoms with E-state index in [1.165, 1.54) is 44.3 Å². The largest absolute Gasteiger partial charge is 0.307 e. The SMILES string of the molecule is CCCC(NC1CCN(C)CC1)c1ccc(Cl)cc1. The third-order valence-corrected chi connectivity index (χ3v) is 4.26. The van der Waals surface area contributed by atoms with Crippen LogP contribution in [0.3, 0.4) is 0 Å². The molecule has 3 heteroatoms. The van der Waals surface area contributed by atoms with Crippen LogP contribution in [0.2, 0.25) is 5.02 Å². The zero-order chi connectivity index (χ0) is 13.7. The number of halogens is 1. The van der Waals surface area contributed by atoms with Crippen LogP contribution >= 0.6 is 11.6 Å². The molecule has 1 unspecified atom stereocenters. The van der Waals surface area contributed by atoms with Crippen LogP contribution in [0.15, 0.2) is 24.3 Å². The van der Waals surface area contributed by atoms with E-state index in [1.54, 1.807) is 0 Å². The van der Waals surface area contributed by atoms with Crippen LogP contribution in [0.1, 0.15) is 44.2 Å². The Morgan fingerprint density at radius 2 is 1.89 bits per heavy atom. The molecule has 0 radical (unpaired) electrons. The highest BCUT2D eigenvalue weighted by molar-refractivity contribution is 6.30. The van der Waals surface area contributed by atoms with E-state index < -0.39 is 0 Å². The Balaban J connectivity index is 1.97. The zero-order valence-corrected chi connectivity index (χ0v) is 12.8. The summed E-state index contributed by atoms with van der Waals surface area (Å²) >= 11 is 5.98. The van der Waals surface area contributed by atoms with Gasteiger partial charge in [0.25, 0.3) is 0 Å². The second-order valence-electron chi connectivity index (χ2n) is 5.64. The number of rotatable bonds is 5. The molecule has 1 aromatic carbocycles. The molecule has 1 aliphatic rings. The van der Waals surface area contributed by atoms with Gasteiger partial charge in [-0.25, -0.2) is 0 Å². The number of hydrogen-bond acceptors (Lipinski definition) is 2.